The molecule has 6 nitrogen and oxygen atoms in total. The van der Waals surface area contributed by atoms with Crippen molar-refractivity contribution in [1.82, 2.24) is 24.7 Å². The van der Waals surface area contributed by atoms with E-state index in [1.54, 1.807) is 0 Å². The Morgan fingerprint density at radius 3 is 2.29 bits per heavy atom. The highest BCUT2D eigenvalue weighted by molar-refractivity contribution is 5.97. The summed E-state index contributed by atoms with van der Waals surface area (Å²) in [5.74, 6) is 0.834. The number of nitrogens with zero attached hydrogens (tertiary/aromatic N) is 5. The highest BCUT2D eigenvalue weighted by Gasteiger charge is 2.26. The molecule has 2 aliphatic heterocycles. The number of fused-ring (bicyclic) bond motifs is 1. The SMILES string of the molecule is Cc1nc2ccc(C(=O)N3CCC(CN4CCN(C)CC4)CC3)cc2nc1C. The Balaban J connectivity index is 1.36. The van der Waals surface area contributed by atoms with E-state index in [4.69, 9.17) is 0 Å². The molecule has 150 valence electrons. The third kappa shape index (κ3) is 4.18. The molecule has 0 spiro atoms. The third-order valence-corrected chi connectivity index (χ3v) is 6.34. The Hall–Kier alpha value is -2.05. The Bertz CT molecular complexity index is 851. The first kappa shape index (κ1) is 19.3. The summed E-state index contributed by atoms with van der Waals surface area (Å²) in [4.78, 5) is 29.2. The lowest BCUT2D eigenvalue weighted by atomic mass is 9.95. The zero-order valence-electron chi connectivity index (χ0n) is 17.3. The van der Waals surface area contributed by atoms with Crippen molar-refractivity contribution in [3.05, 3.63) is 35.2 Å². The average Bonchev–Trinajstić information content (AvgIpc) is 2.70. The minimum absolute atomic E-state index is 0.125. The van der Waals surface area contributed by atoms with E-state index < -0.39 is 0 Å². The van der Waals surface area contributed by atoms with Gasteiger partial charge in [0.15, 0.2) is 0 Å². The predicted molar refractivity (Wildman–Crippen MR) is 112 cm³/mol. The van der Waals surface area contributed by atoms with Crippen LogP contribution in [0.4, 0.5) is 0 Å². The van der Waals surface area contributed by atoms with Crippen molar-refractivity contribution in [1.29, 1.82) is 0 Å². The fraction of sp³-hybridized carbons (Fsp3) is 0.591. The van der Waals surface area contributed by atoms with Gasteiger partial charge in [0.05, 0.1) is 22.4 Å². The molecule has 1 aromatic carbocycles. The maximum absolute atomic E-state index is 13.0. The van der Waals surface area contributed by atoms with Crippen molar-refractivity contribution in [2.24, 2.45) is 5.92 Å². The van der Waals surface area contributed by atoms with Crippen molar-refractivity contribution in [2.45, 2.75) is 26.7 Å². The molecule has 0 radical (unpaired) electrons. The van der Waals surface area contributed by atoms with Gasteiger partial charge < -0.3 is 14.7 Å². The van der Waals surface area contributed by atoms with Crippen LogP contribution >= 0.6 is 0 Å². The van der Waals surface area contributed by atoms with Crippen molar-refractivity contribution in [3.8, 4) is 0 Å². The first-order valence-corrected chi connectivity index (χ1v) is 10.4. The second kappa shape index (κ2) is 8.13. The second-order valence-electron chi connectivity index (χ2n) is 8.44. The number of carbonyl (C=O) groups excluding carboxylic acids is 1. The molecule has 0 unspecified atom stereocenters. The van der Waals surface area contributed by atoms with Crippen LogP contribution in [0.15, 0.2) is 18.2 Å². The molecule has 2 aliphatic rings. The van der Waals surface area contributed by atoms with Crippen LogP contribution in [0, 0.1) is 19.8 Å². The predicted octanol–water partition coefficient (Wildman–Crippen LogP) is 2.35. The Kier molecular flexibility index (Phi) is 5.60. The number of aryl methyl sites for hydroxylation is 2. The summed E-state index contributed by atoms with van der Waals surface area (Å²) < 4.78 is 0. The van der Waals surface area contributed by atoms with Gasteiger partial charge in [0.2, 0.25) is 0 Å². The molecule has 2 saturated heterocycles. The number of piperazine rings is 1. The van der Waals surface area contributed by atoms with Crippen LogP contribution in [0.25, 0.3) is 11.0 Å². The standard InChI is InChI=1S/C22H31N5O/c1-16-17(2)24-21-14-19(4-5-20(21)23-16)22(28)27-8-6-18(7-9-27)15-26-12-10-25(3)11-13-26/h4-5,14,18H,6-13,15H2,1-3H3. The van der Waals surface area contributed by atoms with E-state index >= 15 is 0 Å². The minimum atomic E-state index is 0.125. The summed E-state index contributed by atoms with van der Waals surface area (Å²) in [6.45, 7) is 11.5. The number of rotatable bonds is 3. The van der Waals surface area contributed by atoms with E-state index in [1.807, 2.05) is 36.9 Å². The van der Waals surface area contributed by atoms with Gasteiger partial charge in [-0.1, -0.05) is 0 Å². The summed E-state index contributed by atoms with van der Waals surface area (Å²) in [6.07, 6.45) is 2.20. The third-order valence-electron chi connectivity index (χ3n) is 6.34. The molecule has 28 heavy (non-hydrogen) atoms. The van der Waals surface area contributed by atoms with Crippen LogP contribution < -0.4 is 0 Å². The largest absolute Gasteiger partial charge is 0.339 e. The number of amides is 1. The van der Waals surface area contributed by atoms with E-state index in [0.717, 1.165) is 53.9 Å². The van der Waals surface area contributed by atoms with E-state index in [9.17, 15) is 4.79 Å². The molecule has 4 rings (SSSR count). The highest BCUT2D eigenvalue weighted by Crippen LogP contribution is 2.22. The zero-order valence-corrected chi connectivity index (χ0v) is 17.3. The molecular formula is C22H31N5O. The Morgan fingerprint density at radius 1 is 0.964 bits per heavy atom. The van der Waals surface area contributed by atoms with E-state index in [2.05, 4.69) is 26.8 Å². The van der Waals surface area contributed by atoms with Crippen LogP contribution in [0.5, 0.6) is 0 Å². The molecular weight excluding hydrogens is 350 g/mol. The Morgan fingerprint density at radius 2 is 1.61 bits per heavy atom. The second-order valence-corrected chi connectivity index (χ2v) is 8.44. The summed E-state index contributed by atoms with van der Waals surface area (Å²) in [5.41, 5.74) is 4.24. The lowest BCUT2D eigenvalue weighted by Crippen LogP contribution is -2.48. The smallest absolute Gasteiger partial charge is 0.253 e. The Labute approximate surface area is 167 Å². The number of likely N-dealkylation sites (N-methyl/N-ethyl adjacent to an activating group) is 1. The topological polar surface area (TPSA) is 52.6 Å². The molecule has 6 heteroatoms. The lowest BCUT2D eigenvalue weighted by molar-refractivity contribution is 0.0644. The minimum Gasteiger partial charge on any atom is -0.339 e. The van der Waals surface area contributed by atoms with Gasteiger partial charge in [-0.05, 0) is 57.9 Å². The van der Waals surface area contributed by atoms with Gasteiger partial charge in [0.1, 0.15) is 0 Å². The quantitative estimate of drug-likeness (QED) is 0.817. The van der Waals surface area contributed by atoms with Gasteiger partial charge in [0, 0.05) is 51.4 Å². The molecule has 2 fully saturated rings. The maximum Gasteiger partial charge on any atom is 0.253 e. The molecule has 1 aromatic heterocycles. The zero-order chi connectivity index (χ0) is 19.7. The van der Waals surface area contributed by atoms with Gasteiger partial charge in [-0.15, -0.1) is 0 Å². The molecule has 0 saturated carbocycles. The number of hydrogen-bond acceptors (Lipinski definition) is 5. The highest BCUT2D eigenvalue weighted by atomic mass is 16.2. The fourth-order valence-corrected chi connectivity index (χ4v) is 4.26. The van der Waals surface area contributed by atoms with Gasteiger partial charge in [-0.25, -0.2) is 9.97 Å². The van der Waals surface area contributed by atoms with Crippen LogP contribution in [-0.2, 0) is 0 Å². The molecule has 0 N–H and O–H groups in total. The normalized spacial score (nSPS) is 20.0. The van der Waals surface area contributed by atoms with Crippen molar-refractivity contribution >= 4 is 16.9 Å². The summed E-state index contributed by atoms with van der Waals surface area (Å²) in [5, 5.41) is 0. The summed E-state index contributed by atoms with van der Waals surface area (Å²) >= 11 is 0. The molecule has 1 amide bonds. The molecule has 0 aliphatic carbocycles. The summed E-state index contributed by atoms with van der Waals surface area (Å²) in [6, 6.07) is 5.71. The van der Waals surface area contributed by atoms with Crippen LogP contribution in [0.1, 0.15) is 34.6 Å². The van der Waals surface area contributed by atoms with Gasteiger partial charge in [0.25, 0.3) is 5.91 Å². The van der Waals surface area contributed by atoms with Crippen LogP contribution in [-0.4, -0.2) is 83.4 Å². The van der Waals surface area contributed by atoms with Crippen molar-refractivity contribution in [2.75, 3.05) is 52.9 Å². The van der Waals surface area contributed by atoms with Gasteiger partial charge >= 0.3 is 0 Å². The van der Waals surface area contributed by atoms with E-state index in [-0.39, 0.29) is 5.91 Å². The van der Waals surface area contributed by atoms with Crippen molar-refractivity contribution < 1.29 is 4.79 Å². The molecule has 0 atom stereocenters. The van der Waals surface area contributed by atoms with Crippen LogP contribution in [0.2, 0.25) is 0 Å². The van der Waals surface area contributed by atoms with Crippen molar-refractivity contribution in [3.63, 3.8) is 0 Å². The molecule has 0 bridgehead atoms. The summed E-state index contributed by atoms with van der Waals surface area (Å²) in [7, 11) is 2.20. The number of piperidine rings is 1. The fourth-order valence-electron chi connectivity index (χ4n) is 4.26. The lowest BCUT2D eigenvalue weighted by Gasteiger charge is -2.38. The maximum atomic E-state index is 13.0. The number of aromatic nitrogens is 2. The molecule has 2 aromatic rings. The monoisotopic (exact) mass is 381 g/mol. The number of hydrogen-bond donors (Lipinski definition) is 0. The number of likely N-dealkylation sites (tertiary alicyclic amines) is 1. The first-order chi connectivity index (χ1) is 13.5. The van der Waals surface area contributed by atoms with Gasteiger partial charge in [-0.2, -0.15) is 0 Å². The van der Waals surface area contributed by atoms with E-state index in [1.165, 1.54) is 32.7 Å². The number of benzene rings is 1. The van der Waals surface area contributed by atoms with E-state index in [0.29, 0.717) is 5.92 Å². The van der Waals surface area contributed by atoms with Crippen LogP contribution in [0.3, 0.4) is 0 Å². The number of carbonyl (C=O) groups is 1. The van der Waals surface area contributed by atoms with Gasteiger partial charge in [-0.3, -0.25) is 4.79 Å². The average molecular weight is 382 g/mol. The first-order valence-electron chi connectivity index (χ1n) is 10.4. The molecule has 3 heterocycles.